The van der Waals surface area contributed by atoms with E-state index < -0.39 is 6.10 Å². The monoisotopic (exact) mass is 252 g/mol. The van der Waals surface area contributed by atoms with Crippen molar-refractivity contribution in [2.45, 2.75) is 65.4 Å². The zero-order valence-corrected chi connectivity index (χ0v) is 11.8. The Labute approximate surface area is 109 Å². The van der Waals surface area contributed by atoms with E-state index in [0.29, 0.717) is 17.2 Å². The fraction of sp³-hybridized carbons (Fsp3) is 0.857. The van der Waals surface area contributed by atoms with Crippen LogP contribution in [0, 0.1) is 11.3 Å². The summed E-state index contributed by atoms with van der Waals surface area (Å²) in [5.41, 5.74) is 0.396. The Balaban J connectivity index is 1.97. The minimum absolute atomic E-state index is 0.336. The third-order valence-electron chi connectivity index (χ3n) is 4.13. The summed E-state index contributed by atoms with van der Waals surface area (Å²) in [6, 6.07) is 0. The van der Waals surface area contributed by atoms with Gasteiger partial charge in [-0.3, -0.25) is 0 Å². The molecule has 1 N–H and O–H groups in total. The van der Waals surface area contributed by atoms with Crippen LogP contribution in [-0.4, -0.2) is 15.2 Å². The first-order chi connectivity index (χ1) is 8.38. The van der Waals surface area contributed by atoms with E-state index in [-0.39, 0.29) is 0 Å². The first-order valence-corrected chi connectivity index (χ1v) is 6.89. The lowest BCUT2D eigenvalue weighted by atomic mass is 9.70. The van der Waals surface area contributed by atoms with Gasteiger partial charge in [0.25, 0.3) is 5.89 Å². The molecule has 2 rings (SSSR count). The smallest absolute Gasteiger partial charge is 0.255 e. The number of aliphatic hydroxyl groups excluding tert-OH is 1. The molecule has 0 amide bonds. The summed E-state index contributed by atoms with van der Waals surface area (Å²) in [5.74, 6) is 2.30. The highest BCUT2D eigenvalue weighted by Gasteiger charge is 2.32. The van der Waals surface area contributed by atoms with Crippen molar-refractivity contribution in [3.63, 3.8) is 0 Å². The SMILES string of the molecule is CC(O)c1nc(C2CCC(C(C)(C)C)CC2)no1. The molecular weight excluding hydrogens is 228 g/mol. The second kappa shape index (κ2) is 5.00. The van der Waals surface area contributed by atoms with Crippen LogP contribution in [0.4, 0.5) is 0 Å². The summed E-state index contributed by atoms with van der Waals surface area (Å²) < 4.78 is 5.06. The fourth-order valence-electron chi connectivity index (χ4n) is 2.80. The van der Waals surface area contributed by atoms with Crippen molar-refractivity contribution in [3.8, 4) is 0 Å². The Morgan fingerprint density at radius 1 is 1.22 bits per heavy atom. The molecule has 1 saturated carbocycles. The molecule has 1 aliphatic carbocycles. The highest BCUT2D eigenvalue weighted by molar-refractivity contribution is 4.99. The maximum Gasteiger partial charge on any atom is 0.255 e. The maximum atomic E-state index is 9.39. The van der Waals surface area contributed by atoms with Crippen molar-refractivity contribution in [1.29, 1.82) is 0 Å². The van der Waals surface area contributed by atoms with Gasteiger partial charge in [-0.2, -0.15) is 4.98 Å². The highest BCUT2D eigenvalue weighted by Crippen LogP contribution is 2.42. The largest absolute Gasteiger partial charge is 0.384 e. The van der Waals surface area contributed by atoms with Gasteiger partial charge in [0.05, 0.1) is 0 Å². The van der Waals surface area contributed by atoms with Crippen molar-refractivity contribution >= 4 is 0 Å². The molecular formula is C14H24N2O2. The first kappa shape index (κ1) is 13.5. The van der Waals surface area contributed by atoms with Crippen LogP contribution in [0.1, 0.15) is 77.1 Å². The highest BCUT2D eigenvalue weighted by atomic mass is 16.5. The van der Waals surface area contributed by atoms with Crippen LogP contribution < -0.4 is 0 Å². The first-order valence-electron chi connectivity index (χ1n) is 6.89. The van der Waals surface area contributed by atoms with Gasteiger partial charge in [-0.15, -0.1) is 0 Å². The molecule has 4 nitrogen and oxygen atoms in total. The molecule has 0 radical (unpaired) electrons. The van der Waals surface area contributed by atoms with Crippen molar-refractivity contribution in [2.75, 3.05) is 0 Å². The summed E-state index contributed by atoms with van der Waals surface area (Å²) in [4.78, 5) is 4.29. The number of hydrogen-bond acceptors (Lipinski definition) is 4. The van der Waals surface area contributed by atoms with Crippen LogP contribution in [-0.2, 0) is 0 Å². The number of hydrogen-bond donors (Lipinski definition) is 1. The Morgan fingerprint density at radius 2 is 1.83 bits per heavy atom. The van der Waals surface area contributed by atoms with Crippen molar-refractivity contribution in [1.82, 2.24) is 10.1 Å². The molecule has 1 unspecified atom stereocenters. The Hall–Kier alpha value is -0.900. The average molecular weight is 252 g/mol. The number of aliphatic hydroxyl groups is 1. The van der Waals surface area contributed by atoms with E-state index in [9.17, 15) is 5.11 Å². The van der Waals surface area contributed by atoms with Gasteiger partial charge in [0, 0.05) is 5.92 Å². The van der Waals surface area contributed by atoms with Gasteiger partial charge < -0.3 is 9.63 Å². The van der Waals surface area contributed by atoms with E-state index >= 15 is 0 Å². The van der Waals surface area contributed by atoms with Crippen molar-refractivity contribution in [3.05, 3.63) is 11.7 Å². The minimum atomic E-state index is -0.669. The average Bonchev–Trinajstić information content (AvgIpc) is 2.77. The van der Waals surface area contributed by atoms with Crippen LogP contribution >= 0.6 is 0 Å². The molecule has 1 aliphatic rings. The molecule has 1 atom stereocenters. The van der Waals surface area contributed by atoms with Crippen LogP contribution in [0.5, 0.6) is 0 Å². The molecule has 0 spiro atoms. The molecule has 0 bridgehead atoms. The van der Waals surface area contributed by atoms with E-state index in [1.165, 1.54) is 12.8 Å². The molecule has 1 heterocycles. The van der Waals surface area contributed by atoms with Gasteiger partial charge in [-0.1, -0.05) is 25.9 Å². The molecule has 1 aromatic rings. The molecule has 1 fully saturated rings. The second-order valence-electron chi connectivity index (χ2n) is 6.58. The number of nitrogens with zero attached hydrogens (tertiary/aromatic N) is 2. The van der Waals surface area contributed by atoms with Gasteiger partial charge in [-0.25, -0.2) is 0 Å². The third-order valence-corrected chi connectivity index (χ3v) is 4.13. The number of rotatable bonds is 2. The quantitative estimate of drug-likeness (QED) is 0.875. The van der Waals surface area contributed by atoms with Gasteiger partial charge in [0.2, 0.25) is 0 Å². The summed E-state index contributed by atoms with van der Waals surface area (Å²) >= 11 is 0. The van der Waals surface area contributed by atoms with Gasteiger partial charge in [0.1, 0.15) is 6.10 Å². The van der Waals surface area contributed by atoms with E-state index in [1.807, 2.05) is 0 Å². The maximum absolute atomic E-state index is 9.39. The summed E-state index contributed by atoms with van der Waals surface area (Å²) in [6.45, 7) is 8.60. The number of aromatic nitrogens is 2. The zero-order chi connectivity index (χ0) is 13.3. The van der Waals surface area contributed by atoms with Crippen molar-refractivity contribution < 1.29 is 9.63 Å². The second-order valence-corrected chi connectivity index (χ2v) is 6.58. The van der Waals surface area contributed by atoms with Gasteiger partial charge in [0.15, 0.2) is 5.82 Å². The van der Waals surface area contributed by atoms with Crippen LogP contribution in [0.15, 0.2) is 4.52 Å². The lowest BCUT2D eigenvalue weighted by molar-refractivity contribution is 0.151. The predicted octanol–water partition coefficient (Wildman–Crippen LogP) is 3.44. The zero-order valence-electron chi connectivity index (χ0n) is 11.8. The summed E-state index contributed by atoms with van der Waals surface area (Å²) in [6.07, 6.45) is 4.04. The fourth-order valence-corrected chi connectivity index (χ4v) is 2.80. The Kier molecular flexibility index (Phi) is 3.76. The molecule has 1 aromatic heterocycles. The van der Waals surface area contributed by atoms with E-state index in [2.05, 4.69) is 30.9 Å². The Bertz CT molecular complexity index is 385. The van der Waals surface area contributed by atoms with E-state index in [4.69, 9.17) is 4.52 Å². The van der Waals surface area contributed by atoms with Crippen LogP contribution in [0.2, 0.25) is 0 Å². The summed E-state index contributed by atoms with van der Waals surface area (Å²) in [7, 11) is 0. The lowest BCUT2D eigenvalue weighted by Crippen LogP contribution is -2.25. The van der Waals surface area contributed by atoms with Crippen LogP contribution in [0.3, 0.4) is 0 Å². The van der Waals surface area contributed by atoms with Crippen molar-refractivity contribution in [2.24, 2.45) is 11.3 Å². The molecule has 0 aliphatic heterocycles. The topological polar surface area (TPSA) is 59.2 Å². The van der Waals surface area contributed by atoms with E-state index in [1.54, 1.807) is 6.92 Å². The molecule has 102 valence electrons. The molecule has 18 heavy (non-hydrogen) atoms. The Morgan fingerprint density at radius 3 is 2.28 bits per heavy atom. The summed E-state index contributed by atoms with van der Waals surface area (Å²) in [5, 5.41) is 13.4. The molecule has 0 saturated heterocycles. The standard InChI is InChI=1S/C14H24N2O2/c1-9(17)13-15-12(16-18-13)10-5-7-11(8-6-10)14(2,3)4/h9-11,17H,5-8H2,1-4H3. The lowest BCUT2D eigenvalue weighted by Gasteiger charge is -2.36. The normalized spacial score (nSPS) is 27.2. The minimum Gasteiger partial charge on any atom is -0.384 e. The predicted molar refractivity (Wildman–Crippen MR) is 69.1 cm³/mol. The molecule has 0 aromatic carbocycles. The van der Waals surface area contributed by atoms with E-state index in [0.717, 1.165) is 24.6 Å². The van der Waals surface area contributed by atoms with Gasteiger partial charge in [-0.05, 0) is 43.9 Å². The third kappa shape index (κ3) is 2.91. The van der Waals surface area contributed by atoms with Crippen LogP contribution in [0.25, 0.3) is 0 Å². The molecule has 4 heteroatoms. The van der Waals surface area contributed by atoms with Gasteiger partial charge >= 0.3 is 0 Å².